The minimum Gasteiger partial charge on any atom is -0.462 e. The van der Waals surface area contributed by atoms with Gasteiger partial charge in [0.25, 0.3) is 0 Å². The van der Waals surface area contributed by atoms with Crippen LogP contribution in [-0.2, 0) is 4.74 Å². The first-order valence-corrected chi connectivity index (χ1v) is 6.49. The molecule has 2 aromatic carbocycles. The van der Waals surface area contributed by atoms with E-state index < -0.39 is 0 Å². The van der Waals surface area contributed by atoms with E-state index in [4.69, 9.17) is 4.74 Å². The molecule has 3 aromatic rings. The molecular weight excluding hydrogens is 257 g/mol. The topological polar surface area (TPSA) is 42.1 Å². The standard InChI is InChI=1S/C16H14FNO2/c1-3-20-16(19)10-7-9(2)14-13(8-10)18-12-6-4-5-11(17)15(12)14/h4-8,18H,3H2,1-2H3. The van der Waals surface area contributed by atoms with Crippen LogP contribution >= 0.6 is 0 Å². The summed E-state index contributed by atoms with van der Waals surface area (Å²) in [5.41, 5.74) is 2.79. The summed E-state index contributed by atoms with van der Waals surface area (Å²) in [6, 6.07) is 8.37. The molecule has 1 N–H and O–H groups in total. The number of aromatic nitrogens is 1. The van der Waals surface area contributed by atoms with Crippen molar-refractivity contribution in [1.82, 2.24) is 4.98 Å². The Labute approximate surface area is 115 Å². The zero-order valence-electron chi connectivity index (χ0n) is 11.3. The maximum atomic E-state index is 14.0. The Morgan fingerprint density at radius 3 is 2.80 bits per heavy atom. The normalized spacial score (nSPS) is 11.2. The molecule has 0 saturated carbocycles. The first-order valence-electron chi connectivity index (χ1n) is 6.49. The number of carbonyl (C=O) groups excluding carboxylic acids is 1. The Hall–Kier alpha value is -2.36. The fraction of sp³-hybridized carbons (Fsp3) is 0.188. The van der Waals surface area contributed by atoms with Crippen LogP contribution in [0.5, 0.6) is 0 Å². The van der Waals surface area contributed by atoms with Gasteiger partial charge >= 0.3 is 5.97 Å². The van der Waals surface area contributed by atoms with Gasteiger partial charge in [-0.05, 0) is 43.7 Å². The minimum atomic E-state index is -0.364. The molecule has 0 unspecified atom stereocenters. The molecule has 0 atom stereocenters. The summed E-state index contributed by atoms with van der Waals surface area (Å²) < 4.78 is 19.0. The lowest BCUT2D eigenvalue weighted by Gasteiger charge is -2.04. The second kappa shape index (κ2) is 4.63. The molecule has 0 radical (unpaired) electrons. The molecule has 102 valence electrons. The molecule has 4 heteroatoms. The highest BCUT2D eigenvalue weighted by molar-refractivity contribution is 6.10. The lowest BCUT2D eigenvalue weighted by molar-refractivity contribution is 0.0526. The Bertz CT molecular complexity index is 820. The van der Waals surface area contributed by atoms with E-state index in [1.165, 1.54) is 6.07 Å². The smallest absolute Gasteiger partial charge is 0.338 e. The number of benzene rings is 2. The minimum absolute atomic E-state index is 0.263. The molecule has 0 bridgehead atoms. The van der Waals surface area contributed by atoms with Crippen LogP contribution in [0.15, 0.2) is 30.3 Å². The van der Waals surface area contributed by atoms with E-state index >= 15 is 0 Å². The van der Waals surface area contributed by atoms with Gasteiger partial charge in [-0.15, -0.1) is 0 Å². The Morgan fingerprint density at radius 1 is 1.25 bits per heavy atom. The predicted octanol–water partition coefficient (Wildman–Crippen LogP) is 3.95. The molecule has 0 aliphatic carbocycles. The third-order valence-electron chi connectivity index (χ3n) is 3.38. The lowest BCUT2D eigenvalue weighted by Crippen LogP contribution is -2.04. The van der Waals surface area contributed by atoms with Crippen LogP contribution < -0.4 is 0 Å². The van der Waals surface area contributed by atoms with Crippen LogP contribution in [-0.4, -0.2) is 17.6 Å². The number of ether oxygens (including phenoxy) is 1. The Morgan fingerprint density at radius 2 is 2.05 bits per heavy atom. The molecule has 3 nitrogen and oxygen atoms in total. The van der Waals surface area contributed by atoms with Crippen molar-refractivity contribution in [2.24, 2.45) is 0 Å². The van der Waals surface area contributed by atoms with Crippen molar-refractivity contribution < 1.29 is 13.9 Å². The summed E-state index contributed by atoms with van der Waals surface area (Å²) in [4.78, 5) is 15.0. The molecule has 0 aliphatic heterocycles. The van der Waals surface area contributed by atoms with Gasteiger partial charge in [0.15, 0.2) is 0 Å². The summed E-state index contributed by atoms with van der Waals surface area (Å²) >= 11 is 0. The van der Waals surface area contributed by atoms with E-state index in [2.05, 4.69) is 4.98 Å². The van der Waals surface area contributed by atoms with Crippen LogP contribution in [0.3, 0.4) is 0 Å². The van der Waals surface area contributed by atoms with Crippen LogP contribution in [0, 0.1) is 12.7 Å². The molecule has 3 rings (SSSR count). The summed E-state index contributed by atoms with van der Waals surface area (Å²) in [6.45, 7) is 3.96. The van der Waals surface area contributed by atoms with Crippen molar-refractivity contribution >= 4 is 27.8 Å². The third-order valence-corrected chi connectivity index (χ3v) is 3.38. The summed E-state index contributed by atoms with van der Waals surface area (Å²) in [5, 5.41) is 1.38. The van der Waals surface area contributed by atoms with E-state index in [1.807, 2.05) is 13.0 Å². The number of H-pyrrole nitrogens is 1. The summed E-state index contributed by atoms with van der Waals surface area (Å²) in [7, 11) is 0. The average Bonchev–Trinajstić information content (AvgIpc) is 2.79. The molecule has 20 heavy (non-hydrogen) atoms. The van der Waals surface area contributed by atoms with Crippen molar-refractivity contribution in [3.63, 3.8) is 0 Å². The van der Waals surface area contributed by atoms with E-state index in [0.717, 1.165) is 22.0 Å². The van der Waals surface area contributed by atoms with E-state index in [1.54, 1.807) is 25.1 Å². The highest BCUT2D eigenvalue weighted by Crippen LogP contribution is 2.31. The van der Waals surface area contributed by atoms with Crippen molar-refractivity contribution in [2.45, 2.75) is 13.8 Å². The van der Waals surface area contributed by atoms with Gasteiger partial charge in [-0.1, -0.05) is 6.07 Å². The number of aryl methyl sites for hydroxylation is 1. The number of hydrogen-bond donors (Lipinski definition) is 1. The largest absolute Gasteiger partial charge is 0.462 e. The number of fused-ring (bicyclic) bond motifs is 3. The first-order chi connectivity index (χ1) is 9.61. The molecule has 0 aliphatic rings. The molecule has 0 amide bonds. The maximum Gasteiger partial charge on any atom is 0.338 e. The van der Waals surface area contributed by atoms with Crippen molar-refractivity contribution in [3.05, 3.63) is 47.3 Å². The fourth-order valence-corrected chi connectivity index (χ4v) is 2.58. The number of hydrogen-bond acceptors (Lipinski definition) is 2. The number of aromatic amines is 1. The number of rotatable bonds is 2. The van der Waals surface area contributed by atoms with Crippen LogP contribution in [0.25, 0.3) is 21.8 Å². The van der Waals surface area contributed by atoms with Gasteiger partial charge in [0.1, 0.15) is 5.82 Å². The van der Waals surface area contributed by atoms with Gasteiger partial charge in [-0.25, -0.2) is 9.18 Å². The van der Waals surface area contributed by atoms with Crippen molar-refractivity contribution in [1.29, 1.82) is 0 Å². The van der Waals surface area contributed by atoms with Crippen LogP contribution in [0.2, 0.25) is 0 Å². The van der Waals surface area contributed by atoms with Gasteiger partial charge in [0, 0.05) is 21.8 Å². The Balaban J connectivity index is 2.31. The van der Waals surface area contributed by atoms with Crippen LogP contribution in [0.4, 0.5) is 4.39 Å². The highest BCUT2D eigenvalue weighted by Gasteiger charge is 2.15. The number of carbonyl (C=O) groups is 1. The van der Waals surface area contributed by atoms with E-state index in [9.17, 15) is 9.18 Å². The molecule has 1 aromatic heterocycles. The van der Waals surface area contributed by atoms with Crippen molar-refractivity contribution in [3.8, 4) is 0 Å². The third kappa shape index (κ3) is 1.84. The summed E-state index contributed by atoms with van der Waals surface area (Å²) in [5.74, 6) is -0.627. The second-order valence-electron chi connectivity index (χ2n) is 4.72. The van der Waals surface area contributed by atoms with E-state index in [0.29, 0.717) is 17.6 Å². The predicted molar refractivity (Wildman–Crippen MR) is 76.5 cm³/mol. The molecule has 0 fully saturated rings. The van der Waals surface area contributed by atoms with Gasteiger partial charge in [-0.2, -0.15) is 0 Å². The molecular formula is C16H14FNO2. The second-order valence-corrected chi connectivity index (χ2v) is 4.72. The van der Waals surface area contributed by atoms with Gasteiger partial charge in [0.2, 0.25) is 0 Å². The zero-order valence-corrected chi connectivity index (χ0v) is 11.3. The maximum absolute atomic E-state index is 14.0. The molecule has 0 spiro atoms. The fourth-order valence-electron chi connectivity index (χ4n) is 2.58. The average molecular weight is 271 g/mol. The number of halogens is 1. The summed E-state index contributed by atoms with van der Waals surface area (Å²) in [6.07, 6.45) is 0. The van der Waals surface area contributed by atoms with Crippen LogP contribution in [0.1, 0.15) is 22.8 Å². The van der Waals surface area contributed by atoms with Crippen molar-refractivity contribution in [2.75, 3.05) is 6.61 Å². The number of esters is 1. The quantitative estimate of drug-likeness (QED) is 0.717. The van der Waals surface area contributed by atoms with Gasteiger partial charge < -0.3 is 9.72 Å². The lowest BCUT2D eigenvalue weighted by atomic mass is 10.0. The Kier molecular flexibility index (Phi) is 2.93. The SMILES string of the molecule is CCOC(=O)c1cc(C)c2c(c1)[nH]c1cccc(F)c12. The number of nitrogens with one attached hydrogen (secondary N) is 1. The van der Waals surface area contributed by atoms with E-state index in [-0.39, 0.29) is 11.8 Å². The van der Waals surface area contributed by atoms with Gasteiger partial charge in [0.05, 0.1) is 12.2 Å². The highest BCUT2D eigenvalue weighted by atomic mass is 19.1. The monoisotopic (exact) mass is 271 g/mol. The first kappa shape index (κ1) is 12.7. The molecule has 0 saturated heterocycles. The zero-order chi connectivity index (χ0) is 14.3. The molecule has 1 heterocycles. The van der Waals surface area contributed by atoms with Gasteiger partial charge in [-0.3, -0.25) is 0 Å².